The summed E-state index contributed by atoms with van der Waals surface area (Å²) in [7, 11) is 0. The van der Waals surface area contributed by atoms with E-state index in [0.29, 0.717) is 12.6 Å². The van der Waals surface area contributed by atoms with Crippen LogP contribution in [-0.4, -0.2) is 28.1 Å². The lowest BCUT2D eigenvalue weighted by Gasteiger charge is -2.49. The van der Waals surface area contributed by atoms with Crippen LogP contribution in [0.5, 0.6) is 0 Å². The Morgan fingerprint density at radius 1 is 1.45 bits per heavy atom. The van der Waals surface area contributed by atoms with E-state index in [4.69, 9.17) is 0 Å². The van der Waals surface area contributed by atoms with Crippen LogP contribution in [0.4, 0.5) is 13.2 Å². The van der Waals surface area contributed by atoms with Crippen molar-refractivity contribution in [2.75, 3.05) is 0 Å². The smallest absolute Gasteiger partial charge is 0.392 e. The third kappa shape index (κ3) is 2.63. The van der Waals surface area contributed by atoms with Crippen LogP contribution in [0.15, 0.2) is 18.3 Å². The molecule has 1 fully saturated rings. The van der Waals surface area contributed by atoms with Gasteiger partial charge in [-0.05, 0) is 18.6 Å². The molecule has 2 rings (SSSR count). The fourth-order valence-electron chi connectivity index (χ4n) is 2.08. The van der Waals surface area contributed by atoms with E-state index in [1.54, 1.807) is 0 Å². The number of rotatable bonds is 2. The molecule has 1 aliphatic carbocycles. The lowest BCUT2D eigenvalue weighted by Crippen LogP contribution is -2.61. The first kappa shape index (κ1) is 14.8. The molecule has 1 amide bonds. The number of carbonyl (C=O) groups excluding carboxylic acids is 1. The van der Waals surface area contributed by atoms with Gasteiger partial charge < -0.3 is 10.4 Å². The van der Waals surface area contributed by atoms with Crippen molar-refractivity contribution in [1.29, 1.82) is 0 Å². The van der Waals surface area contributed by atoms with Gasteiger partial charge in [-0.3, -0.25) is 9.78 Å². The van der Waals surface area contributed by atoms with Gasteiger partial charge in [0.2, 0.25) is 0 Å². The summed E-state index contributed by atoms with van der Waals surface area (Å²) in [5, 5.41) is 12.2. The van der Waals surface area contributed by atoms with Crippen molar-refractivity contribution < 1.29 is 23.1 Å². The first-order valence-electron chi connectivity index (χ1n) is 6.14. The number of aromatic nitrogens is 1. The summed E-state index contributed by atoms with van der Waals surface area (Å²) >= 11 is 0. The molecular formula is C13H15F3N2O2. The molecule has 0 aliphatic heterocycles. The maximum absolute atomic E-state index is 12.4. The summed E-state index contributed by atoms with van der Waals surface area (Å²) < 4.78 is 37.1. The predicted molar refractivity (Wildman–Crippen MR) is 64.9 cm³/mol. The van der Waals surface area contributed by atoms with Gasteiger partial charge in [0, 0.05) is 17.7 Å². The third-order valence-electron chi connectivity index (χ3n) is 3.84. The SMILES string of the molecule is CC1(C)C(O)CC1NC(=O)c1ccc(C(F)(F)F)cn1. The van der Waals surface area contributed by atoms with Crippen LogP contribution >= 0.6 is 0 Å². The summed E-state index contributed by atoms with van der Waals surface area (Å²) in [4.78, 5) is 15.4. The van der Waals surface area contributed by atoms with Crippen molar-refractivity contribution in [3.05, 3.63) is 29.6 Å². The number of aliphatic hydroxyl groups excluding tert-OH is 1. The van der Waals surface area contributed by atoms with E-state index < -0.39 is 29.2 Å². The van der Waals surface area contributed by atoms with Gasteiger partial charge in [0.05, 0.1) is 11.7 Å². The van der Waals surface area contributed by atoms with Crippen LogP contribution in [0.1, 0.15) is 36.3 Å². The fourth-order valence-corrected chi connectivity index (χ4v) is 2.08. The Hall–Kier alpha value is -1.63. The number of nitrogens with one attached hydrogen (secondary N) is 1. The number of carbonyl (C=O) groups is 1. The van der Waals surface area contributed by atoms with Crippen molar-refractivity contribution in [1.82, 2.24) is 10.3 Å². The van der Waals surface area contributed by atoms with E-state index in [1.807, 2.05) is 13.8 Å². The highest BCUT2D eigenvalue weighted by Crippen LogP contribution is 2.40. The molecule has 1 heterocycles. The molecule has 0 bridgehead atoms. The zero-order chi connectivity index (χ0) is 15.1. The first-order chi connectivity index (χ1) is 9.12. The summed E-state index contributed by atoms with van der Waals surface area (Å²) in [6.45, 7) is 3.62. The average molecular weight is 288 g/mol. The number of hydrogen-bond acceptors (Lipinski definition) is 3. The predicted octanol–water partition coefficient (Wildman–Crippen LogP) is 1.99. The largest absolute Gasteiger partial charge is 0.417 e. The van der Waals surface area contributed by atoms with Crippen molar-refractivity contribution in [3.63, 3.8) is 0 Å². The number of amides is 1. The Morgan fingerprint density at radius 2 is 2.10 bits per heavy atom. The van der Waals surface area contributed by atoms with Gasteiger partial charge in [-0.2, -0.15) is 13.2 Å². The average Bonchev–Trinajstić information content (AvgIpc) is 2.37. The van der Waals surface area contributed by atoms with Crippen LogP contribution in [0.2, 0.25) is 0 Å². The van der Waals surface area contributed by atoms with Crippen LogP contribution in [0, 0.1) is 5.41 Å². The van der Waals surface area contributed by atoms with Gasteiger partial charge >= 0.3 is 6.18 Å². The molecule has 1 saturated carbocycles. The number of aliphatic hydroxyl groups is 1. The van der Waals surface area contributed by atoms with Gasteiger partial charge in [0.1, 0.15) is 5.69 Å². The molecule has 2 atom stereocenters. The zero-order valence-electron chi connectivity index (χ0n) is 11.0. The van der Waals surface area contributed by atoms with E-state index in [2.05, 4.69) is 10.3 Å². The molecule has 20 heavy (non-hydrogen) atoms. The Labute approximate surface area is 114 Å². The number of halogens is 3. The number of hydrogen-bond donors (Lipinski definition) is 2. The summed E-state index contributed by atoms with van der Waals surface area (Å²) in [6.07, 6.45) is -3.90. The van der Waals surface area contributed by atoms with Gasteiger partial charge in [-0.1, -0.05) is 13.8 Å². The normalized spacial score (nSPS) is 24.9. The molecule has 0 aromatic carbocycles. The number of nitrogens with zero attached hydrogens (tertiary/aromatic N) is 1. The molecule has 0 spiro atoms. The molecule has 2 N–H and O–H groups in total. The number of pyridine rings is 1. The third-order valence-corrected chi connectivity index (χ3v) is 3.84. The van der Waals surface area contributed by atoms with Gasteiger partial charge in [-0.15, -0.1) is 0 Å². The maximum Gasteiger partial charge on any atom is 0.417 e. The minimum atomic E-state index is -4.47. The molecule has 4 nitrogen and oxygen atoms in total. The summed E-state index contributed by atoms with van der Waals surface area (Å²) in [5.74, 6) is -0.538. The minimum Gasteiger partial charge on any atom is -0.392 e. The molecule has 0 saturated heterocycles. The first-order valence-corrected chi connectivity index (χ1v) is 6.14. The van der Waals surface area contributed by atoms with E-state index in [9.17, 15) is 23.1 Å². The Balaban J connectivity index is 2.04. The van der Waals surface area contributed by atoms with E-state index in [-0.39, 0.29) is 11.7 Å². The summed E-state index contributed by atoms with van der Waals surface area (Å²) in [6, 6.07) is 1.65. The van der Waals surface area contributed by atoms with Gasteiger partial charge in [0.25, 0.3) is 5.91 Å². The van der Waals surface area contributed by atoms with Crippen LogP contribution in [0.25, 0.3) is 0 Å². The van der Waals surface area contributed by atoms with E-state index in [1.165, 1.54) is 0 Å². The van der Waals surface area contributed by atoms with Gasteiger partial charge in [0.15, 0.2) is 0 Å². The lowest BCUT2D eigenvalue weighted by molar-refractivity contribution is -0.137. The fraction of sp³-hybridized carbons (Fsp3) is 0.538. The van der Waals surface area contributed by atoms with Crippen LogP contribution in [0.3, 0.4) is 0 Å². The van der Waals surface area contributed by atoms with Crippen LogP contribution < -0.4 is 5.32 Å². The highest BCUT2D eigenvalue weighted by molar-refractivity contribution is 5.92. The molecule has 2 unspecified atom stereocenters. The maximum atomic E-state index is 12.4. The molecule has 7 heteroatoms. The quantitative estimate of drug-likeness (QED) is 0.875. The van der Waals surface area contributed by atoms with Crippen molar-refractivity contribution in [2.45, 2.75) is 38.6 Å². The van der Waals surface area contributed by atoms with Crippen molar-refractivity contribution >= 4 is 5.91 Å². The molecule has 110 valence electrons. The molecule has 0 radical (unpaired) electrons. The Kier molecular flexibility index (Phi) is 3.49. The monoisotopic (exact) mass is 288 g/mol. The highest BCUT2D eigenvalue weighted by Gasteiger charge is 2.48. The molecule has 1 aromatic heterocycles. The second-order valence-electron chi connectivity index (χ2n) is 5.53. The standard InChI is InChI=1S/C13H15F3N2O2/c1-12(2)9(5-10(12)19)18-11(20)8-4-3-7(6-17-8)13(14,15)16/h3-4,6,9-10,19H,5H2,1-2H3,(H,18,20). The van der Waals surface area contributed by atoms with E-state index in [0.717, 1.165) is 12.1 Å². The van der Waals surface area contributed by atoms with E-state index >= 15 is 0 Å². The second kappa shape index (κ2) is 4.73. The van der Waals surface area contributed by atoms with Crippen LogP contribution in [-0.2, 0) is 6.18 Å². The highest BCUT2D eigenvalue weighted by atomic mass is 19.4. The number of alkyl halides is 3. The van der Waals surface area contributed by atoms with Crippen molar-refractivity contribution in [3.8, 4) is 0 Å². The summed E-state index contributed by atoms with van der Waals surface area (Å²) in [5.41, 5.74) is -1.41. The van der Waals surface area contributed by atoms with Crippen molar-refractivity contribution in [2.24, 2.45) is 5.41 Å². The topological polar surface area (TPSA) is 62.2 Å². The molecular weight excluding hydrogens is 273 g/mol. The second-order valence-corrected chi connectivity index (χ2v) is 5.53. The zero-order valence-corrected chi connectivity index (χ0v) is 11.0. The molecule has 1 aliphatic rings. The Bertz CT molecular complexity index is 511. The molecule has 1 aromatic rings. The lowest BCUT2D eigenvalue weighted by atomic mass is 9.64. The Morgan fingerprint density at radius 3 is 2.50 bits per heavy atom. The minimum absolute atomic E-state index is 0.0739. The van der Waals surface area contributed by atoms with Gasteiger partial charge in [-0.25, -0.2) is 0 Å².